The minimum atomic E-state index is -0.427. The molecular formula is C16H22O10. The van der Waals surface area contributed by atoms with E-state index < -0.39 is 13.6 Å². The van der Waals surface area contributed by atoms with Gasteiger partial charge in [-0.2, -0.15) is 0 Å². The molecule has 0 bridgehead atoms. The smallest absolute Gasteiger partial charge is 0.214 e. The highest BCUT2D eigenvalue weighted by Crippen LogP contribution is 2.24. The van der Waals surface area contributed by atoms with Gasteiger partial charge in [-0.25, -0.2) is 30.1 Å². The standard InChI is InChI=1S/2C7H8O2.C2H6O6/c2*1-5-2-3-6(8)7(9)4-5;3-5-1-7-8-2-6-4/h2*2-4,8-9H,1H3;3-4H,1-2H2. The lowest BCUT2D eigenvalue weighted by Gasteiger charge is -1.96. The summed E-state index contributed by atoms with van der Waals surface area (Å²) in [6, 6.07) is 9.41. The summed E-state index contributed by atoms with van der Waals surface area (Å²) >= 11 is 0. The Morgan fingerprint density at radius 3 is 1.19 bits per heavy atom. The summed E-state index contributed by atoms with van der Waals surface area (Å²) in [4.78, 5) is 14.7. The molecule has 0 atom stereocenters. The van der Waals surface area contributed by atoms with Gasteiger partial charge in [0.15, 0.2) is 23.0 Å². The van der Waals surface area contributed by atoms with Crippen molar-refractivity contribution >= 4 is 0 Å². The molecule has 0 unspecified atom stereocenters. The van der Waals surface area contributed by atoms with Gasteiger partial charge in [0.1, 0.15) is 0 Å². The minimum absolute atomic E-state index is 0.0602. The van der Waals surface area contributed by atoms with Crippen molar-refractivity contribution < 1.29 is 50.5 Å². The van der Waals surface area contributed by atoms with Gasteiger partial charge in [-0.05, 0) is 49.2 Å². The maximum atomic E-state index is 8.85. The molecule has 0 aromatic heterocycles. The summed E-state index contributed by atoms with van der Waals surface area (Å²) in [6.07, 6.45) is 0. The van der Waals surface area contributed by atoms with Gasteiger partial charge >= 0.3 is 0 Å². The van der Waals surface area contributed by atoms with Crippen molar-refractivity contribution in [3.8, 4) is 23.0 Å². The lowest BCUT2D eigenvalue weighted by molar-refractivity contribution is -0.449. The first kappa shape index (κ1) is 23.4. The molecule has 10 nitrogen and oxygen atoms in total. The van der Waals surface area contributed by atoms with Gasteiger partial charge < -0.3 is 20.4 Å². The SMILES string of the molecule is Cc1ccc(O)c(O)c1.Cc1ccc(O)c(O)c1.OOCOOCOO. The number of phenolic OH excluding ortho intramolecular Hbond substituents is 4. The lowest BCUT2D eigenvalue weighted by Crippen LogP contribution is -2.01. The fraction of sp³-hybridized carbons (Fsp3) is 0.250. The maximum absolute atomic E-state index is 8.85. The highest BCUT2D eigenvalue weighted by molar-refractivity contribution is 5.40. The molecule has 0 aliphatic carbocycles. The molecule has 0 saturated heterocycles. The van der Waals surface area contributed by atoms with Gasteiger partial charge in [0, 0.05) is 0 Å². The van der Waals surface area contributed by atoms with Crippen LogP contribution in [0.5, 0.6) is 23.0 Å². The zero-order chi connectivity index (χ0) is 19.9. The summed E-state index contributed by atoms with van der Waals surface area (Å²) < 4.78 is 0. The Morgan fingerprint density at radius 1 is 0.615 bits per heavy atom. The van der Waals surface area contributed by atoms with E-state index in [0.717, 1.165) is 11.1 Å². The van der Waals surface area contributed by atoms with Crippen molar-refractivity contribution in [2.24, 2.45) is 0 Å². The van der Waals surface area contributed by atoms with Crippen LogP contribution in [0.15, 0.2) is 36.4 Å². The number of hydrogen-bond acceptors (Lipinski definition) is 10. The molecule has 2 aromatic carbocycles. The highest BCUT2D eigenvalue weighted by atomic mass is 17.3. The number of aryl methyl sites for hydroxylation is 2. The molecule has 0 amide bonds. The second-order valence-electron chi connectivity index (χ2n) is 4.71. The third-order valence-electron chi connectivity index (χ3n) is 2.55. The van der Waals surface area contributed by atoms with Crippen LogP contribution >= 0.6 is 0 Å². The summed E-state index contributed by atoms with van der Waals surface area (Å²) in [7, 11) is 0. The van der Waals surface area contributed by atoms with Crippen LogP contribution in [0.25, 0.3) is 0 Å². The van der Waals surface area contributed by atoms with Crippen LogP contribution in [0.2, 0.25) is 0 Å². The first-order chi connectivity index (χ1) is 12.3. The Morgan fingerprint density at radius 2 is 0.962 bits per heavy atom. The average Bonchev–Trinajstić information content (AvgIpc) is 2.60. The van der Waals surface area contributed by atoms with E-state index in [1.807, 2.05) is 13.8 Å². The van der Waals surface area contributed by atoms with E-state index in [0.29, 0.717) is 0 Å². The van der Waals surface area contributed by atoms with Crippen LogP contribution in [0.4, 0.5) is 0 Å². The second-order valence-corrected chi connectivity index (χ2v) is 4.71. The molecule has 146 valence electrons. The molecule has 2 aromatic rings. The van der Waals surface area contributed by atoms with Crippen LogP contribution in [-0.2, 0) is 19.6 Å². The number of hydrogen-bond donors (Lipinski definition) is 6. The number of rotatable bonds is 5. The van der Waals surface area contributed by atoms with Crippen LogP contribution in [0.3, 0.4) is 0 Å². The van der Waals surface area contributed by atoms with E-state index in [2.05, 4.69) is 19.6 Å². The fourth-order valence-corrected chi connectivity index (χ4v) is 1.38. The monoisotopic (exact) mass is 374 g/mol. The van der Waals surface area contributed by atoms with E-state index in [-0.39, 0.29) is 23.0 Å². The Balaban J connectivity index is 0.000000362. The van der Waals surface area contributed by atoms with Gasteiger partial charge in [0.05, 0.1) is 0 Å². The average molecular weight is 374 g/mol. The van der Waals surface area contributed by atoms with Gasteiger partial charge in [-0.15, -0.1) is 0 Å². The summed E-state index contributed by atoms with van der Waals surface area (Å²) in [5.74, 6) is -0.258. The Bertz CT molecular complexity index is 577. The Labute approximate surface area is 149 Å². The quantitative estimate of drug-likeness (QED) is 0.151. The normalized spacial score (nSPS) is 9.54. The molecule has 10 heteroatoms. The van der Waals surface area contributed by atoms with E-state index in [9.17, 15) is 0 Å². The molecule has 0 radical (unpaired) electrons. The Hall–Kier alpha value is -2.60. The van der Waals surface area contributed by atoms with Gasteiger partial charge in [0.2, 0.25) is 13.6 Å². The molecule has 0 aliphatic heterocycles. The molecule has 26 heavy (non-hydrogen) atoms. The molecular weight excluding hydrogens is 352 g/mol. The maximum Gasteiger partial charge on any atom is 0.214 e. The minimum Gasteiger partial charge on any atom is -0.504 e. The van der Waals surface area contributed by atoms with Gasteiger partial charge in [-0.3, -0.25) is 0 Å². The molecule has 0 heterocycles. The summed E-state index contributed by atoms with van der Waals surface area (Å²) in [6.45, 7) is 2.84. The summed E-state index contributed by atoms with van der Waals surface area (Å²) in [5, 5.41) is 50.4. The van der Waals surface area contributed by atoms with Crippen molar-refractivity contribution in [3.05, 3.63) is 47.5 Å². The Kier molecular flexibility index (Phi) is 12.3. The van der Waals surface area contributed by atoms with Crippen LogP contribution < -0.4 is 0 Å². The zero-order valence-electron chi connectivity index (χ0n) is 14.2. The van der Waals surface area contributed by atoms with Gasteiger partial charge in [-0.1, -0.05) is 12.1 Å². The third-order valence-corrected chi connectivity index (χ3v) is 2.55. The summed E-state index contributed by atoms with van der Waals surface area (Å²) in [5.41, 5.74) is 1.87. The van der Waals surface area contributed by atoms with E-state index in [1.165, 1.54) is 24.3 Å². The molecule has 0 fully saturated rings. The zero-order valence-corrected chi connectivity index (χ0v) is 14.2. The van der Waals surface area contributed by atoms with E-state index in [1.54, 1.807) is 12.1 Å². The first-order valence-electron chi connectivity index (χ1n) is 7.06. The third kappa shape index (κ3) is 11.0. The molecule has 0 saturated carbocycles. The molecule has 0 spiro atoms. The largest absolute Gasteiger partial charge is 0.504 e. The number of phenols is 4. The predicted octanol–water partition coefficient (Wildman–Crippen LogP) is 2.64. The highest BCUT2D eigenvalue weighted by Gasteiger charge is 1.95. The van der Waals surface area contributed by atoms with E-state index in [4.69, 9.17) is 30.9 Å². The van der Waals surface area contributed by atoms with Crippen LogP contribution in [-0.4, -0.2) is 44.5 Å². The molecule has 0 aliphatic rings. The number of aromatic hydroxyl groups is 4. The van der Waals surface area contributed by atoms with Crippen LogP contribution in [0.1, 0.15) is 11.1 Å². The number of benzene rings is 2. The fourth-order valence-electron chi connectivity index (χ4n) is 1.38. The predicted molar refractivity (Wildman–Crippen MR) is 88.3 cm³/mol. The van der Waals surface area contributed by atoms with Crippen molar-refractivity contribution in [1.82, 2.24) is 0 Å². The lowest BCUT2D eigenvalue weighted by atomic mass is 10.2. The van der Waals surface area contributed by atoms with Crippen LogP contribution in [0, 0.1) is 13.8 Å². The first-order valence-corrected chi connectivity index (χ1v) is 7.06. The van der Waals surface area contributed by atoms with E-state index >= 15 is 0 Å². The van der Waals surface area contributed by atoms with Crippen molar-refractivity contribution in [3.63, 3.8) is 0 Å². The topological polar surface area (TPSA) is 158 Å². The van der Waals surface area contributed by atoms with Gasteiger partial charge in [0.25, 0.3) is 0 Å². The molecule has 2 rings (SSSR count). The second kappa shape index (κ2) is 13.7. The van der Waals surface area contributed by atoms with Crippen molar-refractivity contribution in [2.75, 3.05) is 13.6 Å². The van der Waals surface area contributed by atoms with Crippen molar-refractivity contribution in [1.29, 1.82) is 0 Å². The molecule has 6 N–H and O–H groups in total. The van der Waals surface area contributed by atoms with Crippen molar-refractivity contribution in [2.45, 2.75) is 13.8 Å².